The molecule has 1 aliphatic rings. The monoisotopic (exact) mass is 425 g/mol. The van der Waals surface area contributed by atoms with Crippen LogP contribution in [0.5, 0.6) is 6.01 Å². The van der Waals surface area contributed by atoms with Crippen LogP contribution in [-0.2, 0) is 11.2 Å². The summed E-state index contributed by atoms with van der Waals surface area (Å²) in [6, 6.07) is 13.6. The summed E-state index contributed by atoms with van der Waals surface area (Å²) in [5.74, 6) is -0.494. The molecule has 0 bridgehead atoms. The Kier molecular flexibility index (Phi) is 6.82. The van der Waals surface area contributed by atoms with Crippen LogP contribution in [0.15, 0.2) is 42.5 Å². The Hall–Kier alpha value is -2.93. The first-order valence-corrected chi connectivity index (χ1v) is 10.8. The van der Waals surface area contributed by atoms with Crippen LogP contribution >= 0.6 is 0 Å². The zero-order valence-corrected chi connectivity index (χ0v) is 17.8. The molecule has 6 nitrogen and oxygen atoms in total. The van der Waals surface area contributed by atoms with Gasteiger partial charge in [0.15, 0.2) is 0 Å². The smallest absolute Gasteiger partial charge is 0.304 e. The second-order valence-corrected chi connectivity index (χ2v) is 7.77. The number of carbonyl (C=O) groups is 1. The quantitative estimate of drug-likeness (QED) is 0.499. The Morgan fingerprint density at radius 1 is 1.13 bits per heavy atom. The Morgan fingerprint density at radius 2 is 1.90 bits per heavy atom. The molecule has 1 fully saturated rings. The van der Waals surface area contributed by atoms with Crippen molar-refractivity contribution in [2.45, 2.75) is 32.1 Å². The lowest BCUT2D eigenvalue weighted by molar-refractivity contribution is 0.0893. The van der Waals surface area contributed by atoms with E-state index in [9.17, 15) is 9.18 Å². The number of carbonyl (C=O) groups excluding carboxylic acids is 1. The lowest BCUT2D eigenvalue weighted by atomic mass is 10.1. The van der Waals surface area contributed by atoms with Gasteiger partial charge >= 0.3 is 6.01 Å². The van der Waals surface area contributed by atoms with Gasteiger partial charge < -0.3 is 14.4 Å². The Balaban J connectivity index is 1.44. The maximum atomic E-state index is 14.9. The molecule has 1 aliphatic heterocycles. The number of rotatable bonds is 8. The molecule has 2 heterocycles. The SMILES string of the molecule is COc1nc2cc(N3CCOCC3)c(F)cc2n1C(=O)CCCCCc1ccccc1. The van der Waals surface area contributed by atoms with Crippen molar-refractivity contribution < 1.29 is 18.7 Å². The fourth-order valence-electron chi connectivity index (χ4n) is 4.03. The molecule has 0 saturated carbocycles. The van der Waals surface area contributed by atoms with E-state index in [0.717, 1.165) is 25.7 Å². The minimum absolute atomic E-state index is 0.127. The number of hydrogen-bond donors (Lipinski definition) is 0. The number of aromatic nitrogens is 2. The number of benzene rings is 2. The lowest BCUT2D eigenvalue weighted by Gasteiger charge is -2.29. The molecule has 4 rings (SSSR count). The van der Waals surface area contributed by atoms with Crippen LogP contribution in [0.4, 0.5) is 10.1 Å². The van der Waals surface area contributed by atoms with Crippen LogP contribution in [0.1, 0.15) is 36.0 Å². The third-order valence-corrected chi connectivity index (χ3v) is 5.67. The number of aryl methyl sites for hydroxylation is 1. The summed E-state index contributed by atoms with van der Waals surface area (Å²) < 4.78 is 27.0. The third-order valence-electron chi connectivity index (χ3n) is 5.67. The molecular weight excluding hydrogens is 397 g/mol. The molecule has 1 saturated heterocycles. The largest absolute Gasteiger partial charge is 0.468 e. The molecule has 0 unspecified atom stereocenters. The molecule has 31 heavy (non-hydrogen) atoms. The van der Waals surface area contributed by atoms with Crippen LogP contribution in [0.25, 0.3) is 11.0 Å². The van der Waals surface area contributed by atoms with E-state index < -0.39 is 0 Å². The predicted molar refractivity (Wildman–Crippen MR) is 119 cm³/mol. The number of methoxy groups -OCH3 is 1. The van der Waals surface area contributed by atoms with Crippen molar-refractivity contribution in [1.82, 2.24) is 9.55 Å². The highest BCUT2D eigenvalue weighted by molar-refractivity contribution is 5.93. The van der Waals surface area contributed by atoms with Gasteiger partial charge in [0.1, 0.15) is 5.82 Å². The second-order valence-electron chi connectivity index (χ2n) is 7.77. The van der Waals surface area contributed by atoms with Gasteiger partial charge in [0, 0.05) is 25.6 Å². The van der Waals surface area contributed by atoms with E-state index in [1.54, 1.807) is 6.07 Å². The highest BCUT2D eigenvalue weighted by Crippen LogP contribution is 2.30. The van der Waals surface area contributed by atoms with E-state index in [1.165, 1.54) is 23.3 Å². The Labute approximate surface area is 181 Å². The molecule has 0 spiro atoms. The summed E-state index contributed by atoms with van der Waals surface area (Å²) in [5.41, 5.74) is 2.79. The molecule has 0 amide bonds. The first-order chi connectivity index (χ1) is 15.2. The molecule has 3 aromatic rings. The second kappa shape index (κ2) is 9.92. The fourth-order valence-corrected chi connectivity index (χ4v) is 4.03. The third kappa shape index (κ3) is 4.88. The van der Waals surface area contributed by atoms with E-state index in [1.807, 2.05) is 23.1 Å². The van der Waals surface area contributed by atoms with E-state index in [4.69, 9.17) is 9.47 Å². The van der Waals surface area contributed by atoms with Crippen LogP contribution in [0, 0.1) is 5.82 Å². The molecule has 0 atom stereocenters. The van der Waals surface area contributed by atoms with Gasteiger partial charge in [-0.2, -0.15) is 4.98 Å². The molecule has 0 radical (unpaired) electrons. The fraction of sp³-hybridized carbons (Fsp3) is 0.417. The van der Waals surface area contributed by atoms with E-state index >= 15 is 0 Å². The van der Waals surface area contributed by atoms with Crippen LogP contribution in [-0.4, -0.2) is 48.9 Å². The standard InChI is InChI=1S/C24H28FN3O3/c1-30-24-26-20-17-21(27-12-14-31-15-13-27)19(25)16-22(20)28(24)23(29)11-7-3-6-10-18-8-4-2-5-9-18/h2,4-5,8-9,16-17H,3,6-7,10-15H2,1H3. The highest BCUT2D eigenvalue weighted by Gasteiger charge is 2.22. The normalized spacial score (nSPS) is 14.2. The van der Waals surface area contributed by atoms with Crippen molar-refractivity contribution in [3.63, 3.8) is 0 Å². The lowest BCUT2D eigenvalue weighted by Crippen LogP contribution is -2.36. The van der Waals surface area contributed by atoms with Gasteiger partial charge in [-0.3, -0.25) is 4.79 Å². The van der Waals surface area contributed by atoms with E-state index in [-0.39, 0.29) is 17.7 Å². The summed E-state index contributed by atoms with van der Waals surface area (Å²) in [5, 5.41) is 0. The van der Waals surface area contributed by atoms with Crippen molar-refractivity contribution in [3.8, 4) is 6.01 Å². The number of imidazole rings is 1. The molecule has 7 heteroatoms. The van der Waals surface area contributed by atoms with Gasteiger partial charge in [-0.05, 0) is 30.9 Å². The number of anilines is 1. The van der Waals surface area contributed by atoms with Crippen LogP contribution < -0.4 is 9.64 Å². The number of unbranched alkanes of at least 4 members (excludes halogenated alkanes) is 2. The van der Waals surface area contributed by atoms with E-state index in [0.29, 0.717) is 49.4 Å². The summed E-state index contributed by atoms with van der Waals surface area (Å²) in [6.45, 7) is 2.39. The van der Waals surface area contributed by atoms with Crippen LogP contribution in [0.2, 0.25) is 0 Å². The zero-order chi connectivity index (χ0) is 21.6. The topological polar surface area (TPSA) is 56.6 Å². The van der Waals surface area contributed by atoms with Crippen molar-refractivity contribution >= 4 is 22.6 Å². The minimum Gasteiger partial charge on any atom is -0.468 e. The van der Waals surface area contributed by atoms with Gasteiger partial charge in [-0.25, -0.2) is 8.96 Å². The molecular formula is C24H28FN3O3. The molecule has 1 aromatic heterocycles. The number of hydrogen-bond acceptors (Lipinski definition) is 5. The van der Waals surface area contributed by atoms with E-state index in [2.05, 4.69) is 17.1 Å². The van der Waals surface area contributed by atoms with Gasteiger partial charge in [0.25, 0.3) is 0 Å². The number of morpholine rings is 1. The predicted octanol–water partition coefficient (Wildman–Crippen LogP) is 4.46. The van der Waals surface area contributed by atoms with Crippen molar-refractivity contribution in [3.05, 3.63) is 53.8 Å². The summed E-state index contributed by atoms with van der Waals surface area (Å²) in [4.78, 5) is 19.3. The number of ether oxygens (including phenoxy) is 2. The number of halogens is 1. The number of fused-ring (bicyclic) bond motifs is 1. The maximum absolute atomic E-state index is 14.9. The number of nitrogens with zero attached hydrogens (tertiary/aromatic N) is 3. The molecule has 0 aliphatic carbocycles. The van der Waals surface area contributed by atoms with Crippen molar-refractivity contribution in [2.24, 2.45) is 0 Å². The highest BCUT2D eigenvalue weighted by atomic mass is 19.1. The maximum Gasteiger partial charge on any atom is 0.304 e. The minimum atomic E-state index is -0.367. The Morgan fingerprint density at radius 3 is 2.65 bits per heavy atom. The van der Waals surface area contributed by atoms with Gasteiger partial charge in [0.2, 0.25) is 5.91 Å². The summed E-state index contributed by atoms with van der Waals surface area (Å²) in [6.07, 6.45) is 4.11. The van der Waals surface area contributed by atoms with Crippen molar-refractivity contribution in [1.29, 1.82) is 0 Å². The first kappa shape index (κ1) is 21.3. The molecule has 2 aromatic carbocycles. The summed E-state index contributed by atoms with van der Waals surface area (Å²) in [7, 11) is 1.48. The van der Waals surface area contributed by atoms with Crippen molar-refractivity contribution in [2.75, 3.05) is 38.3 Å². The zero-order valence-electron chi connectivity index (χ0n) is 17.8. The average Bonchev–Trinajstić information content (AvgIpc) is 3.17. The van der Waals surface area contributed by atoms with Crippen LogP contribution in [0.3, 0.4) is 0 Å². The summed E-state index contributed by atoms with van der Waals surface area (Å²) >= 11 is 0. The van der Waals surface area contributed by atoms with Gasteiger partial charge in [-0.15, -0.1) is 0 Å². The molecule has 0 N–H and O–H groups in total. The molecule has 164 valence electrons. The first-order valence-electron chi connectivity index (χ1n) is 10.8. The Bertz CT molecular complexity index is 1030. The van der Waals surface area contributed by atoms with Gasteiger partial charge in [0.05, 0.1) is 37.0 Å². The average molecular weight is 426 g/mol. The van der Waals surface area contributed by atoms with Gasteiger partial charge in [-0.1, -0.05) is 36.8 Å².